The second kappa shape index (κ2) is 5.08. The molecule has 9 heteroatoms. The molecule has 0 aliphatic rings. The van der Waals surface area contributed by atoms with Gasteiger partial charge < -0.3 is 15.7 Å². The molecule has 98 valence electrons. The van der Waals surface area contributed by atoms with Gasteiger partial charge in [-0.15, -0.1) is 0 Å². The third-order valence-electron chi connectivity index (χ3n) is 1.87. The van der Waals surface area contributed by atoms with Gasteiger partial charge in [-0.25, -0.2) is 4.79 Å². The quantitative estimate of drug-likeness (QED) is 0.582. The van der Waals surface area contributed by atoms with Crippen molar-refractivity contribution in [1.82, 2.24) is 9.36 Å². The number of ketones is 1. The number of Topliss-reactive ketones (excluding diaryl/α,β-unsaturated/α-hetero) is 1. The Morgan fingerprint density at radius 1 is 1.50 bits per heavy atom. The average Bonchev–Trinajstić information content (AvgIpc) is 2.64. The normalized spacial score (nSPS) is 12.3. The Morgan fingerprint density at radius 2 is 2.11 bits per heavy atom. The number of aliphatic carboxylic acids is 1. The van der Waals surface area contributed by atoms with Gasteiger partial charge in [0.15, 0.2) is 16.6 Å². The Morgan fingerprint density at radius 3 is 2.50 bits per heavy atom. The summed E-state index contributed by atoms with van der Waals surface area (Å²) in [5.74, 6) is -1.64. The van der Waals surface area contributed by atoms with E-state index in [1.807, 2.05) is 0 Å². The summed E-state index contributed by atoms with van der Waals surface area (Å²) in [6.07, 6.45) is 0. The van der Waals surface area contributed by atoms with Crippen LogP contribution in [0, 0.1) is 0 Å². The van der Waals surface area contributed by atoms with Crippen LogP contribution in [0.25, 0.3) is 0 Å². The summed E-state index contributed by atoms with van der Waals surface area (Å²) in [7, 11) is 0. The topological polar surface area (TPSA) is 128 Å². The average molecular weight is 272 g/mol. The Balaban J connectivity index is 3.01. The van der Waals surface area contributed by atoms with Crippen molar-refractivity contribution in [3.8, 4) is 0 Å². The molecule has 0 saturated heterocycles. The van der Waals surface area contributed by atoms with Crippen LogP contribution >= 0.6 is 11.5 Å². The van der Waals surface area contributed by atoms with E-state index in [4.69, 9.17) is 15.7 Å². The summed E-state index contributed by atoms with van der Waals surface area (Å²) < 4.78 is 3.81. The van der Waals surface area contributed by atoms with Crippen LogP contribution in [0.4, 0.5) is 5.13 Å². The minimum Gasteiger partial charge on any atom is -0.478 e. The first-order valence-corrected chi connectivity index (χ1v) is 5.61. The van der Waals surface area contributed by atoms with Crippen molar-refractivity contribution >= 4 is 34.1 Å². The third-order valence-corrected chi connectivity index (χ3v) is 2.41. The highest BCUT2D eigenvalue weighted by atomic mass is 32.1. The summed E-state index contributed by atoms with van der Waals surface area (Å²) in [4.78, 5) is 30.8. The molecule has 3 N–H and O–H groups in total. The van der Waals surface area contributed by atoms with Gasteiger partial charge in [-0.2, -0.15) is 9.36 Å². The van der Waals surface area contributed by atoms with E-state index in [1.54, 1.807) is 0 Å². The maximum atomic E-state index is 11.4. The molecule has 0 radical (unpaired) electrons. The van der Waals surface area contributed by atoms with E-state index in [9.17, 15) is 9.59 Å². The SMILES string of the molecule is CC(=O)/C(=N\OC(C)(C)C(=O)O)c1nsc(N)n1. The lowest BCUT2D eigenvalue weighted by Crippen LogP contribution is -2.33. The molecule has 18 heavy (non-hydrogen) atoms. The molecule has 0 aliphatic carbocycles. The number of carbonyl (C=O) groups is 2. The molecule has 0 fully saturated rings. The minimum absolute atomic E-state index is 0.0196. The minimum atomic E-state index is -1.55. The van der Waals surface area contributed by atoms with Crippen molar-refractivity contribution in [3.05, 3.63) is 5.82 Å². The van der Waals surface area contributed by atoms with E-state index in [-0.39, 0.29) is 16.7 Å². The summed E-state index contributed by atoms with van der Waals surface area (Å²) in [5, 5.41) is 12.5. The number of oxime groups is 1. The first-order valence-electron chi connectivity index (χ1n) is 4.84. The van der Waals surface area contributed by atoms with Crippen LogP contribution in [0.3, 0.4) is 0 Å². The van der Waals surface area contributed by atoms with E-state index >= 15 is 0 Å². The van der Waals surface area contributed by atoms with Gasteiger partial charge in [-0.3, -0.25) is 4.79 Å². The summed E-state index contributed by atoms with van der Waals surface area (Å²) in [5.41, 5.74) is 3.67. The largest absolute Gasteiger partial charge is 0.478 e. The fraction of sp³-hybridized carbons (Fsp3) is 0.444. The van der Waals surface area contributed by atoms with E-state index in [0.29, 0.717) is 0 Å². The molecule has 1 aromatic heterocycles. The van der Waals surface area contributed by atoms with Crippen LogP contribution in [-0.4, -0.2) is 37.5 Å². The van der Waals surface area contributed by atoms with E-state index in [0.717, 1.165) is 11.5 Å². The zero-order chi connectivity index (χ0) is 13.9. The highest BCUT2D eigenvalue weighted by Crippen LogP contribution is 2.12. The van der Waals surface area contributed by atoms with Gasteiger partial charge in [0.1, 0.15) is 0 Å². The van der Waals surface area contributed by atoms with Gasteiger partial charge in [0.25, 0.3) is 0 Å². The molecule has 0 atom stereocenters. The standard InChI is InChI=1S/C9H12N4O4S/c1-4(14)5(6-11-8(10)18-13-6)12-17-9(2,3)7(15)16/h1-3H3,(H,15,16)(H2,10,11,13)/b12-5+. The molecule has 0 spiro atoms. The molecule has 0 aromatic carbocycles. The monoisotopic (exact) mass is 272 g/mol. The molecule has 1 heterocycles. The van der Waals surface area contributed by atoms with Gasteiger partial charge in [-0.05, 0) is 13.8 Å². The van der Waals surface area contributed by atoms with E-state index in [1.165, 1.54) is 20.8 Å². The van der Waals surface area contributed by atoms with Gasteiger partial charge in [0.2, 0.25) is 11.4 Å². The number of hydrogen-bond acceptors (Lipinski definition) is 8. The number of nitrogen functional groups attached to an aromatic ring is 1. The summed E-state index contributed by atoms with van der Waals surface area (Å²) in [6, 6.07) is 0. The molecule has 1 aromatic rings. The third kappa shape index (κ3) is 3.23. The molecule has 0 bridgehead atoms. The molecule has 0 unspecified atom stereocenters. The second-order valence-electron chi connectivity index (χ2n) is 3.86. The van der Waals surface area contributed by atoms with Crippen LogP contribution < -0.4 is 5.73 Å². The zero-order valence-corrected chi connectivity index (χ0v) is 10.8. The number of carboxylic acids is 1. The number of nitrogens with zero attached hydrogens (tertiary/aromatic N) is 3. The number of hydrogen-bond donors (Lipinski definition) is 2. The molecular weight excluding hydrogens is 260 g/mol. The number of nitrogens with two attached hydrogens (primary N) is 1. The zero-order valence-electron chi connectivity index (χ0n) is 10.00. The van der Waals surface area contributed by atoms with Gasteiger partial charge >= 0.3 is 5.97 Å². The first kappa shape index (κ1) is 14.0. The van der Waals surface area contributed by atoms with Crippen molar-refractivity contribution < 1.29 is 19.5 Å². The molecule has 1 rings (SSSR count). The number of anilines is 1. The van der Waals surface area contributed by atoms with Crippen molar-refractivity contribution in [1.29, 1.82) is 0 Å². The number of rotatable bonds is 5. The molecule has 8 nitrogen and oxygen atoms in total. The maximum absolute atomic E-state index is 11.4. The van der Waals surface area contributed by atoms with E-state index < -0.39 is 17.4 Å². The highest BCUT2D eigenvalue weighted by Gasteiger charge is 2.30. The Bertz CT molecular complexity index is 508. The molecule has 0 aliphatic heterocycles. The lowest BCUT2D eigenvalue weighted by molar-refractivity contribution is -0.161. The first-order chi connectivity index (χ1) is 8.24. The highest BCUT2D eigenvalue weighted by molar-refractivity contribution is 7.09. The summed E-state index contributed by atoms with van der Waals surface area (Å²) >= 11 is 0.902. The van der Waals surface area contributed by atoms with Crippen LogP contribution in [0.2, 0.25) is 0 Å². The predicted octanol–water partition coefficient (Wildman–Crippen LogP) is 0.293. The van der Waals surface area contributed by atoms with Crippen LogP contribution in [-0.2, 0) is 14.4 Å². The van der Waals surface area contributed by atoms with Crippen LogP contribution in [0.15, 0.2) is 5.16 Å². The van der Waals surface area contributed by atoms with Crippen molar-refractivity contribution in [2.45, 2.75) is 26.4 Å². The van der Waals surface area contributed by atoms with Gasteiger partial charge in [-0.1, -0.05) is 5.16 Å². The number of carboxylic acid groups (broad SMARTS) is 1. The smallest absolute Gasteiger partial charge is 0.350 e. The Kier molecular flexibility index (Phi) is 3.96. The Hall–Kier alpha value is -2.03. The van der Waals surface area contributed by atoms with Gasteiger partial charge in [0.05, 0.1) is 0 Å². The van der Waals surface area contributed by atoms with Crippen molar-refractivity contribution in [3.63, 3.8) is 0 Å². The lowest BCUT2D eigenvalue weighted by atomic mass is 10.1. The second-order valence-corrected chi connectivity index (χ2v) is 4.64. The molecular formula is C9H12N4O4S. The predicted molar refractivity (Wildman–Crippen MR) is 64.3 cm³/mol. The van der Waals surface area contributed by atoms with Crippen molar-refractivity contribution in [2.75, 3.05) is 5.73 Å². The number of aromatic nitrogens is 2. The van der Waals surface area contributed by atoms with Crippen LogP contribution in [0.1, 0.15) is 26.6 Å². The maximum Gasteiger partial charge on any atom is 0.350 e. The molecule has 0 saturated carbocycles. The molecule has 0 amide bonds. The van der Waals surface area contributed by atoms with Gasteiger partial charge in [0, 0.05) is 18.5 Å². The summed E-state index contributed by atoms with van der Waals surface area (Å²) in [6.45, 7) is 3.85. The fourth-order valence-corrected chi connectivity index (χ4v) is 1.23. The fourth-order valence-electron chi connectivity index (χ4n) is 0.793. The van der Waals surface area contributed by atoms with Crippen LogP contribution in [0.5, 0.6) is 0 Å². The van der Waals surface area contributed by atoms with Crippen molar-refractivity contribution in [2.24, 2.45) is 5.16 Å². The van der Waals surface area contributed by atoms with E-state index in [2.05, 4.69) is 14.5 Å². The number of carbonyl (C=O) groups excluding carboxylic acids is 1. The lowest BCUT2D eigenvalue weighted by Gasteiger charge is -2.16. The Labute approximate surface area is 107 Å².